The molecule has 1 aromatic rings. The van der Waals surface area contributed by atoms with E-state index in [0.717, 1.165) is 17.9 Å². The second-order valence-corrected chi connectivity index (χ2v) is 13.6. The lowest BCUT2D eigenvalue weighted by molar-refractivity contribution is -0.0292. The van der Waals surface area contributed by atoms with E-state index in [-0.39, 0.29) is 17.1 Å². The molecule has 0 aliphatic heterocycles. The quantitative estimate of drug-likeness (QED) is 0.366. The van der Waals surface area contributed by atoms with E-state index in [1.807, 2.05) is 30.3 Å². The third-order valence-electron chi connectivity index (χ3n) is 5.57. The van der Waals surface area contributed by atoms with E-state index in [9.17, 15) is 0 Å². The van der Waals surface area contributed by atoms with E-state index in [1.165, 1.54) is 0 Å². The Kier molecular flexibility index (Phi) is 8.58. The summed E-state index contributed by atoms with van der Waals surface area (Å²) in [5, 5.41) is 0.218. The molecule has 1 aromatic carbocycles. The summed E-state index contributed by atoms with van der Waals surface area (Å²) in [6.45, 7) is 21.0. The Hall–Kier alpha value is -1.10. The van der Waals surface area contributed by atoms with Crippen LogP contribution in [0, 0.1) is 11.8 Å². The third kappa shape index (κ3) is 6.56. The van der Waals surface area contributed by atoms with Gasteiger partial charge in [0.15, 0.2) is 8.32 Å². The van der Waals surface area contributed by atoms with Crippen molar-refractivity contribution >= 4 is 8.32 Å². The number of hydrogen-bond donors (Lipinski definition) is 0. The van der Waals surface area contributed by atoms with Gasteiger partial charge in [-0.3, -0.25) is 0 Å². The molecule has 0 aliphatic rings. The molecule has 148 valence electrons. The first-order valence-corrected chi connectivity index (χ1v) is 12.4. The maximum atomic E-state index is 6.42. The number of hydrogen-bond acceptors (Lipinski definition) is 3. The van der Waals surface area contributed by atoms with Crippen LogP contribution in [-0.2, 0) is 15.8 Å². The molecular weight excluding hydrogens is 340 g/mol. The Labute approximate surface area is 161 Å². The minimum Gasteiger partial charge on any atom is -0.497 e. The van der Waals surface area contributed by atoms with Crippen molar-refractivity contribution in [3.63, 3.8) is 0 Å². The fourth-order valence-electron chi connectivity index (χ4n) is 2.53. The summed E-state index contributed by atoms with van der Waals surface area (Å²) in [6, 6.07) is 8.03. The zero-order chi connectivity index (χ0) is 20.0. The van der Waals surface area contributed by atoms with Crippen molar-refractivity contribution in [3.8, 4) is 5.75 Å². The van der Waals surface area contributed by atoms with Crippen LogP contribution < -0.4 is 4.74 Å². The highest BCUT2D eigenvalue weighted by atomic mass is 28.4. The molecule has 0 unspecified atom stereocenters. The highest BCUT2D eigenvalue weighted by molar-refractivity contribution is 6.74. The summed E-state index contributed by atoms with van der Waals surface area (Å²) < 4.78 is 17.9. The topological polar surface area (TPSA) is 27.7 Å². The minimum atomic E-state index is -1.75. The van der Waals surface area contributed by atoms with Crippen LogP contribution in [0.1, 0.15) is 40.2 Å². The zero-order valence-electron chi connectivity index (χ0n) is 18.0. The summed E-state index contributed by atoms with van der Waals surface area (Å²) >= 11 is 0. The molecule has 0 fully saturated rings. The van der Waals surface area contributed by atoms with Gasteiger partial charge in [0.25, 0.3) is 0 Å². The Balaban J connectivity index is 2.71. The molecule has 3 atom stereocenters. The van der Waals surface area contributed by atoms with E-state index >= 15 is 0 Å². The molecule has 4 heteroatoms. The predicted octanol–water partition coefficient (Wildman–Crippen LogP) is 6.06. The van der Waals surface area contributed by atoms with Crippen molar-refractivity contribution in [1.29, 1.82) is 0 Å². The predicted molar refractivity (Wildman–Crippen MR) is 113 cm³/mol. The van der Waals surface area contributed by atoms with Gasteiger partial charge in [-0.25, -0.2) is 0 Å². The smallest absolute Gasteiger partial charge is 0.191 e. The molecule has 0 aromatic heterocycles. The van der Waals surface area contributed by atoms with Crippen molar-refractivity contribution < 1.29 is 13.9 Å². The van der Waals surface area contributed by atoms with Gasteiger partial charge in [0.05, 0.1) is 19.8 Å². The Morgan fingerprint density at radius 2 is 1.69 bits per heavy atom. The molecule has 0 N–H and O–H groups in total. The molecule has 0 aliphatic carbocycles. The second-order valence-electron chi connectivity index (χ2n) is 8.77. The molecule has 0 radical (unpaired) electrons. The summed E-state index contributed by atoms with van der Waals surface area (Å²) in [7, 11) is -0.0733. The summed E-state index contributed by atoms with van der Waals surface area (Å²) in [4.78, 5) is 0. The Morgan fingerprint density at radius 3 is 2.15 bits per heavy atom. The SMILES string of the molecule is C=C[C@H](C)[C@H](OCc1ccc(OC)cc1)[C@@H](C)CO[Si](C)(C)C(C)(C)C. The Bertz CT molecular complexity index is 546. The average molecular weight is 379 g/mol. The first kappa shape index (κ1) is 22.9. The van der Waals surface area contributed by atoms with Crippen molar-refractivity contribution in [2.45, 2.75) is 65.5 Å². The fourth-order valence-corrected chi connectivity index (χ4v) is 3.65. The average Bonchev–Trinajstić information content (AvgIpc) is 2.59. The monoisotopic (exact) mass is 378 g/mol. The van der Waals surface area contributed by atoms with Gasteiger partial charge in [0.2, 0.25) is 0 Å². The van der Waals surface area contributed by atoms with Crippen LogP contribution in [0.25, 0.3) is 0 Å². The van der Waals surface area contributed by atoms with Gasteiger partial charge >= 0.3 is 0 Å². The largest absolute Gasteiger partial charge is 0.497 e. The fraction of sp³-hybridized carbons (Fsp3) is 0.636. The number of benzene rings is 1. The van der Waals surface area contributed by atoms with Gasteiger partial charge in [-0.1, -0.05) is 52.8 Å². The van der Waals surface area contributed by atoms with Crippen molar-refractivity contribution in [2.24, 2.45) is 11.8 Å². The maximum Gasteiger partial charge on any atom is 0.191 e. The number of rotatable bonds is 10. The second kappa shape index (κ2) is 9.72. The van der Waals surface area contributed by atoms with E-state index in [0.29, 0.717) is 12.5 Å². The summed E-state index contributed by atoms with van der Waals surface area (Å²) in [5.41, 5.74) is 1.14. The molecular formula is C22H38O3Si. The van der Waals surface area contributed by atoms with Crippen LogP contribution in [0.3, 0.4) is 0 Å². The molecule has 0 amide bonds. The number of ether oxygens (including phenoxy) is 2. The van der Waals surface area contributed by atoms with E-state index < -0.39 is 8.32 Å². The minimum absolute atomic E-state index is 0.0828. The molecule has 0 saturated carbocycles. The maximum absolute atomic E-state index is 6.42. The highest BCUT2D eigenvalue weighted by Crippen LogP contribution is 2.37. The highest BCUT2D eigenvalue weighted by Gasteiger charge is 2.38. The van der Waals surface area contributed by atoms with Crippen LogP contribution in [0.2, 0.25) is 18.1 Å². The lowest BCUT2D eigenvalue weighted by Crippen LogP contribution is -2.43. The van der Waals surface area contributed by atoms with Crippen molar-refractivity contribution in [1.82, 2.24) is 0 Å². The van der Waals surface area contributed by atoms with Gasteiger partial charge in [0.1, 0.15) is 5.75 Å². The summed E-state index contributed by atoms with van der Waals surface area (Å²) in [6.07, 6.45) is 2.06. The molecule has 1 rings (SSSR count). The van der Waals surface area contributed by atoms with Crippen LogP contribution in [-0.4, -0.2) is 28.1 Å². The van der Waals surface area contributed by atoms with Gasteiger partial charge in [0, 0.05) is 18.4 Å². The van der Waals surface area contributed by atoms with Crippen LogP contribution >= 0.6 is 0 Å². The zero-order valence-corrected chi connectivity index (χ0v) is 19.0. The summed E-state index contributed by atoms with van der Waals surface area (Å²) in [5.74, 6) is 1.43. The normalized spacial score (nSPS) is 16.0. The molecule has 0 bridgehead atoms. The standard InChI is InChI=1S/C22H38O3Si/c1-10-17(2)21(18(3)15-25-26(8,9)22(4,5)6)24-16-19-11-13-20(23-7)14-12-19/h10-14,17-18,21H,1,15-16H2,2-9H3/t17-,18-,21-/m0/s1. The van der Waals surface area contributed by atoms with E-state index in [1.54, 1.807) is 7.11 Å². The van der Waals surface area contributed by atoms with Crippen molar-refractivity contribution in [2.75, 3.05) is 13.7 Å². The van der Waals surface area contributed by atoms with Crippen LogP contribution in [0.5, 0.6) is 5.75 Å². The van der Waals surface area contributed by atoms with Gasteiger partial charge in [-0.05, 0) is 35.8 Å². The van der Waals surface area contributed by atoms with E-state index in [2.05, 4.69) is 54.3 Å². The third-order valence-corrected chi connectivity index (χ3v) is 10.1. The lowest BCUT2D eigenvalue weighted by atomic mass is 9.94. The number of methoxy groups -OCH3 is 1. The van der Waals surface area contributed by atoms with Crippen LogP contribution in [0.4, 0.5) is 0 Å². The van der Waals surface area contributed by atoms with Gasteiger partial charge in [-0.15, -0.1) is 6.58 Å². The first-order valence-electron chi connectivity index (χ1n) is 9.53. The molecule has 0 heterocycles. The van der Waals surface area contributed by atoms with Crippen LogP contribution in [0.15, 0.2) is 36.9 Å². The Morgan fingerprint density at radius 1 is 1.12 bits per heavy atom. The van der Waals surface area contributed by atoms with E-state index in [4.69, 9.17) is 13.9 Å². The lowest BCUT2D eigenvalue weighted by Gasteiger charge is -2.38. The first-order chi connectivity index (χ1) is 12.0. The molecule has 0 saturated heterocycles. The molecule has 0 spiro atoms. The molecule has 26 heavy (non-hydrogen) atoms. The van der Waals surface area contributed by atoms with Gasteiger partial charge < -0.3 is 13.9 Å². The van der Waals surface area contributed by atoms with Crippen molar-refractivity contribution in [3.05, 3.63) is 42.5 Å². The van der Waals surface area contributed by atoms with Gasteiger partial charge in [-0.2, -0.15) is 0 Å². The molecule has 3 nitrogen and oxygen atoms in total.